The van der Waals surface area contributed by atoms with Crippen LogP contribution in [0.3, 0.4) is 0 Å². The number of rotatable bonds is 2. The van der Waals surface area contributed by atoms with Crippen molar-refractivity contribution in [1.82, 2.24) is 0 Å². The minimum Gasteiger partial charge on any atom is -0.372 e. The van der Waals surface area contributed by atoms with Gasteiger partial charge in [-0.2, -0.15) is 0 Å². The Morgan fingerprint density at radius 2 is 1.91 bits per heavy atom. The molecule has 1 heterocycles. The molecule has 1 aliphatic carbocycles. The number of para-hydroxylation sites is 1. The molecule has 0 radical (unpaired) electrons. The van der Waals surface area contributed by atoms with Gasteiger partial charge in [-0.3, -0.25) is 10.1 Å². The summed E-state index contributed by atoms with van der Waals surface area (Å²) in [6.07, 6.45) is 5.27. The van der Waals surface area contributed by atoms with Gasteiger partial charge in [0.15, 0.2) is 0 Å². The van der Waals surface area contributed by atoms with Crippen LogP contribution in [-0.2, 0) is 0 Å². The van der Waals surface area contributed by atoms with Gasteiger partial charge in [-0.05, 0) is 29.5 Å². The summed E-state index contributed by atoms with van der Waals surface area (Å²) in [7, 11) is 0. The molecule has 2 aromatic rings. The lowest BCUT2D eigenvalue weighted by atomic mass is 9.77. The highest BCUT2D eigenvalue weighted by Crippen LogP contribution is 2.52. The Bertz CT molecular complexity index is 818. The monoisotopic (exact) mass is 326 g/mol. The summed E-state index contributed by atoms with van der Waals surface area (Å²) in [5.41, 5.74) is 2.74. The summed E-state index contributed by atoms with van der Waals surface area (Å²) in [6.45, 7) is 0. The van der Waals surface area contributed by atoms with Crippen LogP contribution in [-0.4, -0.2) is 4.92 Å². The predicted molar refractivity (Wildman–Crippen MR) is 90.9 cm³/mol. The third-order valence-electron chi connectivity index (χ3n) is 4.81. The maximum absolute atomic E-state index is 11.4. The fourth-order valence-corrected chi connectivity index (χ4v) is 4.05. The predicted octanol–water partition coefficient (Wildman–Crippen LogP) is 5.07. The SMILES string of the molecule is O=[N+]([O-])c1cccc2c1N[C@H](c1ccccc1Cl)[C@H]1CC=C[C@H]21. The number of allylic oxidation sites excluding steroid dienone is 2. The highest BCUT2D eigenvalue weighted by Gasteiger charge is 2.40. The quantitative estimate of drug-likeness (QED) is 0.476. The standard InChI is InChI=1S/C18H15ClN2O2/c19-15-9-2-1-5-14(15)17-12-7-3-6-11(12)13-8-4-10-16(21(22)23)18(13)20-17/h1-6,8-12,17,20H,7H2/t11-,12-,17-/m0/s1. The average molecular weight is 327 g/mol. The summed E-state index contributed by atoms with van der Waals surface area (Å²) >= 11 is 6.38. The minimum absolute atomic E-state index is 0.0303. The first-order valence-corrected chi connectivity index (χ1v) is 7.99. The molecular formula is C18H15ClN2O2. The van der Waals surface area contributed by atoms with Crippen molar-refractivity contribution in [3.8, 4) is 0 Å². The van der Waals surface area contributed by atoms with Gasteiger partial charge >= 0.3 is 0 Å². The van der Waals surface area contributed by atoms with Gasteiger partial charge in [0.1, 0.15) is 5.69 Å². The Labute approximate surface area is 138 Å². The second-order valence-corrected chi connectivity index (χ2v) is 6.40. The normalized spacial score (nSPS) is 24.7. The Kier molecular flexibility index (Phi) is 3.34. The third kappa shape index (κ3) is 2.21. The van der Waals surface area contributed by atoms with Crippen molar-refractivity contribution in [2.75, 3.05) is 5.32 Å². The number of nitro groups is 1. The van der Waals surface area contributed by atoms with Crippen LogP contribution in [0.2, 0.25) is 5.02 Å². The number of benzene rings is 2. The summed E-state index contributed by atoms with van der Waals surface area (Å²) in [5, 5.41) is 15.5. The summed E-state index contributed by atoms with van der Waals surface area (Å²) in [6, 6.07) is 13.0. The van der Waals surface area contributed by atoms with E-state index in [1.54, 1.807) is 12.1 Å². The Morgan fingerprint density at radius 3 is 2.70 bits per heavy atom. The second kappa shape index (κ2) is 5.39. The zero-order valence-electron chi connectivity index (χ0n) is 12.3. The smallest absolute Gasteiger partial charge is 0.292 e. The van der Waals surface area contributed by atoms with Gasteiger partial charge < -0.3 is 5.32 Å². The number of hydrogen-bond acceptors (Lipinski definition) is 3. The first-order valence-electron chi connectivity index (χ1n) is 7.61. The van der Waals surface area contributed by atoms with E-state index in [1.807, 2.05) is 30.3 Å². The van der Waals surface area contributed by atoms with Gasteiger partial charge in [0, 0.05) is 17.0 Å². The molecule has 116 valence electrons. The summed E-state index contributed by atoms with van der Waals surface area (Å²) in [5.74, 6) is 0.511. The molecule has 2 aromatic carbocycles. The molecule has 4 nitrogen and oxygen atoms in total. The second-order valence-electron chi connectivity index (χ2n) is 6.00. The van der Waals surface area contributed by atoms with Crippen molar-refractivity contribution >= 4 is 23.0 Å². The third-order valence-corrected chi connectivity index (χ3v) is 5.16. The van der Waals surface area contributed by atoms with E-state index >= 15 is 0 Å². The van der Waals surface area contributed by atoms with E-state index in [1.165, 1.54) is 0 Å². The molecule has 0 amide bonds. The first kappa shape index (κ1) is 14.3. The van der Waals surface area contributed by atoms with E-state index in [9.17, 15) is 10.1 Å². The van der Waals surface area contributed by atoms with Crippen LogP contribution >= 0.6 is 11.6 Å². The molecule has 2 aliphatic rings. The van der Waals surface area contributed by atoms with Gasteiger partial charge in [0.05, 0.1) is 11.0 Å². The molecule has 5 heteroatoms. The van der Waals surface area contributed by atoms with E-state index in [2.05, 4.69) is 17.5 Å². The molecule has 1 aliphatic heterocycles. The van der Waals surface area contributed by atoms with Gasteiger partial charge in [-0.15, -0.1) is 0 Å². The molecule has 3 atom stereocenters. The Hall–Kier alpha value is -2.33. The molecule has 0 unspecified atom stereocenters. The van der Waals surface area contributed by atoms with E-state index in [0.717, 1.165) is 17.5 Å². The van der Waals surface area contributed by atoms with Crippen molar-refractivity contribution < 1.29 is 4.92 Å². The van der Waals surface area contributed by atoms with Gasteiger partial charge in [0.2, 0.25) is 0 Å². The molecule has 0 spiro atoms. The van der Waals surface area contributed by atoms with E-state index in [-0.39, 0.29) is 22.6 Å². The van der Waals surface area contributed by atoms with E-state index in [4.69, 9.17) is 11.6 Å². The fourth-order valence-electron chi connectivity index (χ4n) is 3.79. The van der Waals surface area contributed by atoms with Crippen LogP contribution < -0.4 is 5.32 Å². The van der Waals surface area contributed by atoms with E-state index < -0.39 is 0 Å². The van der Waals surface area contributed by atoms with Crippen molar-refractivity contribution in [1.29, 1.82) is 0 Å². The van der Waals surface area contributed by atoms with Crippen LogP contribution in [0.4, 0.5) is 11.4 Å². The minimum atomic E-state index is -0.325. The summed E-state index contributed by atoms with van der Waals surface area (Å²) in [4.78, 5) is 11.1. The molecule has 0 fully saturated rings. The molecule has 0 saturated carbocycles. The zero-order chi connectivity index (χ0) is 16.0. The number of hydrogen-bond donors (Lipinski definition) is 1. The molecule has 0 aromatic heterocycles. The number of fused-ring (bicyclic) bond motifs is 3. The van der Waals surface area contributed by atoms with Crippen molar-refractivity contribution in [2.24, 2.45) is 5.92 Å². The lowest BCUT2D eigenvalue weighted by molar-refractivity contribution is -0.384. The summed E-state index contributed by atoms with van der Waals surface area (Å²) < 4.78 is 0. The number of nitrogens with one attached hydrogen (secondary N) is 1. The van der Waals surface area contributed by atoms with Crippen LogP contribution in [0.25, 0.3) is 0 Å². The Balaban J connectivity index is 1.87. The van der Waals surface area contributed by atoms with Crippen LogP contribution in [0.15, 0.2) is 54.6 Å². The number of halogens is 1. The molecule has 0 bridgehead atoms. The molecular weight excluding hydrogens is 312 g/mol. The zero-order valence-corrected chi connectivity index (χ0v) is 13.0. The average Bonchev–Trinajstić information content (AvgIpc) is 3.04. The maximum Gasteiger partial charge on any atom is 0.292 e. The van der Waals surface area contributed by atoms with Gasteiger partial charge in [-0.25, -0.2) is 0 Å². The maximum atomic E-state index is 11.4. The largest absolute Gasteiger partial charge is 0.372 e. The van der Waals surface area contributed by atoms with Crippen LogP contribution in [0, 0.1) is 16.0 Å². The fraction of sp³-hybridized carbons (Fsp3) is 0.222. The van der Waals surface area contributed by atoms with Crippen LogP contribution in [0.5, 0.6) is 0 Å². The molecule has 1 N–H and O–H groups in total. The topological polar surface area (TPSA) is 55.2 Å². The molecule has 23 heavy (non-hydrogen) atoms. The van der Waals surface area contributed by atoms with Crippen molar-refractivity contribution in [2.45, 2.75) is 18.4 Å². The highest BCUT2D eigenvalue weighted by atomic mass is 35.5. The number of nitrogens with zero attached hydrogens (tertiary/aromatic N) is 1. The van der Waals surface area contributed by atoms with Gasteiger partial charge in [-0.1, -0.05) is 54.1 Å². The van der Waals surface area contributed by atoms with Gasteiger partial charge in [0.25, 0.3) is 5.69 Å². The first-order chi connectivity index (χ1) is 11.2. The van der Waals surface area contributed by atoms with E-state index in [0.29, 0.717) is 16.6 Å². The molecule has 4 rings (SSSR count). The lowest BCUT2D eigenvalue weighted by Gasteiger charge is -2.37. The van der Waals surface area contributed by atoms with Crippen LogP contribution in [0.1, 0.15) is 29.5 Å². The molecule has 0 saturated heterocycles. The van der Waals surface area contributed by atoms with Crippen molar-refractivity contribution in [3.05, 3.63) is 80.9 Å². The Morgan fingerprint density at radius 1 is 1.13 bits per heavy atom. The lowest BCUT2D eigenvalue weighted by Crippen LogP contribution is -2.29. The highest BCUT2D eigenvalue weighted by molar-refractivity contribution is 6.31. The number of anilines is 1. The number of nitro benzene ring substituents is 1. The van der Waals surface area contributed by atoms with Crippen molar-refractivity contribution in [3.63, 3.8) is 0 Å².